The molecule has 0 spiro atoms. The molecular weight excluding hydrogens is 468 g/mol. The molecule has 0 saturated carbocycles. The van der Waals surface area contributed by atoms with Gasteiger partial charge in [0.25, 0.3) is 0 Å². The largest absolute Gasteiger partial charge is 0.339 e. The Balaban J connectivity index is 1.31. The number of rotatable bonds is 6. The lowest BCUT2D eigenvalue weighted by Gasteiger charge is -2.30. The molecule has 1 fully saturated rings. The van der Waals surface area contributed by atoms with Crippen LogP contribution in [0.4, 0.5) is 0 Å². The number of thiazole rings is 1. The number of benzene rings is 2. The van der Waals surface area contributed by atoms with E-state index in [0.29, 0.717) is 29.7 Å². The number of hydrogen-bond acceptors (Lipinski definition) is 7. The molecule has 0 amide bonds. The minimum Gasteiger partial charge on any atom is -0.339 e. The first-order valence-electron chi connectivity index (χ1n) is 11.4. The third kappa shape index (κ3) is 4.55. The second kappa shape index (κ2) is 9.40. The zero-order valence-electron chi connectivity index (χ0n) is 19.1. The van der Waals surface area contributed by atoms with E-state index in [9.17, 15) is 8.42 Å². The molecule has 1 aliphatic rings. The van der Waals surface area contributed by atoms with Crippen LogP contribution >= 0.6 is 11.3 Å². The Hall–Kier alpha value is -2.88. The molecule has 1 saturated heterocycles. The van der Waals surface area contributed by atoms with E-state index in [2.05, 4.69) is 27.4 Å². The van der Waals surface area contributed by atoms with Crippen molar-refractivity contribution < 1.29 is 12.9 Å². The molecule has 7 nitrogen and oxygen atoms in total. The SMILES string of the molecule is CCc1nc(-c2ccc(-c3noc([C@H]4CCCN(S(=O)(=O)c5ccc(C)cc5)C4)n3)cc2)cs1. The summed E-state index contributed by atoms with van der Waals surface area (Å²) in [6, 6.07) is 14.9. The van der Waals surface area contributed by atoms with Gasteiger partial charge in [0.1, 0.15) is 0 Å². The van der Waals surface area contributed by atoms with Crippen molar-refractivity contribution in [3.8, 4) is 22.6 Å². The van der Waals surface area contributed by atoms with E-state index >= 15 is 0 Å². The first kappa shape index (κ1) is 22.9. The molecule has 0 N–H and O–H groups in total. The Labute approximate surface area is 203 Å². The van der Waals surface area contributed by atoms with Crippen molar-refractivity contribution in [2.75, 3.05) is 13.1 Å². The maximum absolute atomic E-state index is 13.1. The quantitative estimate of drug-likeness (QED) is 0.361. The van der Waals surface area contributed by atoms with Crippen molar-refractivity contribution in [3.05, 3.63) is 70.4 Å². The second-order valence-electron chi connectivity index (χ2n) is 8.53. The molecule has 0 unspecified atom stereocenters. The topological polar surface area (TPSA) is 89.2 Å². The Morgan fingerprint density at radius 3 is 2.50 bits per heavy atom. The molecule has 0 bridgehead atoms. The molecule has 0 aliphatic carbocycles. The summed E-state index contributed by atoms with van der Waals surface area (Å²) in [6.45, 7) is 4.87. The second-order valence-corrected chi connectivity index (χ2v) is 11.4. The molecule has 4 aromatic rings. The lowest BCUT2D eigenvalue weighted by molar-refractivity contribution is 0.265. The summed E-state index contributed by atoms with van der Waals surface area (Å²) in [5.74, 6) is 0.861. The van der Waals surface area contributed by atoms with Gasteiger partial charge in [0.2, 0.25) is 21.7 Å². The predicted molar refractivity (Wildman–Crippen MR) is 132 cm³/mol. The fraction of sp³-hybridized carbons (Fsp3) is 0.320. The van der Waals surface area contributed by atoms with Gasteiger partial charge in [-0.15, -0.1) is 11.3 Å². The fourth-order valence-corrected chi connectivity index (χ4v) is 6.41. The Morgan fingerprint density at radius 1 is 1.06 bits per heavy atom. The van der Waals surface area contributed by atoms with Gasteiger partial charge in [-0.3, -0.25) is 0 Å². The summed E-state index contributed by atoms with van der Waals surface area (Å²) >= 11 is 1.67. The molecule has 3 heterocycles. The van der Waals surface area contributed by atoms with Crippen molar-refractivity contribution >= 4 is 21.4 Å². The Kier molecular flexibility index (Phi) is 6.33. The Morgan fingerprint density at radius 2 is 1.79 bits per heavy atom. The standard InChI is InChI=1S/C25H26N4O3S2/c1-3-23-26-22(16-33-23)18-8-10-19(11-9-18)24-27-25(32-28-24)20-5-4-14-29(15-20)34(30,31)21-12-6-17(2)7-13-21/h6-13,16,20H,3-5,14-15H2,1-2H3/t20-/m0/s1. The fourth-order valence-electron chi connectivity index (χ4n) is 4.14. The number of nitrogens with zero attached hydrogens (tertiary/aromatic N) is 4. The van der Waals surface area contributed by atoms with Gasteiger partial charge in [-0.25, -0.2) is 13.4 Å². The van der Waals surface area contributed by atoms with Gasteiger partial charge in [-0.05, 0) is 38.3 Å². The third-order valence-corrected chi connectivity index (χ3v) is 9.00. The highest BCUT2D eigenvalue weighted by Crippen LogP contribution is 2.31. The van der Waals surface area contributed by atoms with Crippen molar-refractivity contribution in [2.45, 2.75) is 43.9 Å². The summed E-state index contributed by atoms with van der Waals surface area (Å²) in [5, 5.41) is 7.36. The van der Waals surface area contributed by atoms with Gasteiger partial charge >= 0.3 is 0 Å². The number of aromatic nitrogens is 3. The number of sulfonamides is 1. The van der Waals surface area contributed by atoms with Gasteiger partial charge in [-0.2, -0.15) is 9.29 Å². The maximum atomic E-state index is 13.1. The van der Waals surface area contributed by atoms with Crippen molar-refractivity contribution in [1.82, 2.24) is 19.4 Å². The first-order valence-corrected chi connectivity index (χ1v) is 13.7. The first-order chi connectivity index (χ1) is 16.4. The maximum Gasteiger partial charge on any atom is 0.243 e. The highest BCUT2D eigenvalue weighted by Gasteiger charge is 2.33. The van der Waals surface area contributed by atoms with Crippen LogP contribution in [0.5, 0.6) is 0 Å². The van der Waals surface area contributed by atoms with Crippen molar-refractivity contribution in [1.29, 1.82) is 0 Å². The molecule has 5 rings (SSSR count). The summed E-state index contributed by atoms with van der Waals surface area (Å²) < 4.78 is 33.4. The minimum atomic E-state index is -3.56. The summed E-state index contributed by atoms with van der Waals surface area (Å²) in [7, 11) is -3.56. The zero-order chi connectivity index (χ0) is 23.7. The van der Waals surface area contributed by atoms with E-state index in [1.54, 1.807) is 23.5 Å². The highest BCUT2D eigenvalue weighted by molar-refractivity contribution is 7.89. The highest BCUT2D eigenvalue weighted by atomic mass is 32.2. The number of piperidine rings is 1. The van der Waals surface area contributed by atoms with Gasteiger partial charge in [0, 0.05) is 29.6 Å². The molecule has 9 heteroatoms. The van der Waals surface area contributed by atoms with E-state index in [0.717, 1.165) is 46.7 Å². The van der Waals surface area contributed by atoms with Crippen LogP contribution in [0.1, 0.15) is 42.1 Å². The van der Waals surface area contributed by atoms with Crippen molar-refractivity contribution in [3.63, 3.8) is 0 Å². The van der Waals surface area contributed by atoms with Crippen LogP contribution in [0.15, 0.2) is 63.3 Å². The number of aryl methyl sites for hydroxylation is 2. The number of hydrogen-bond donors (Lipinski definition) is 0. The van der Waals surface area contributed by atoms with E-state index in [-0.39, 0.29) is 5.92 Å². The smallest absolute Gasteiger partial charge is 0.243 e. The molecule has 1 atom stereocenters. The lowest BCUT2D eigenvalue weighted by atomic mass is 10.00. The predicted octanol–water partition coefficient (Wildman–Crippen LogP) is 5.30. The zero-order valence-corrected chi connectivity index (χ0v) is 20.8. The van der Waals surface area contributed by atoms with Crippen LogP contribution in [-0.2, 0) is 16.4 Å². The average molecular weight is 495 g/mol. The van der Waals surface area contributed by atoms with E-state index < -0.39 is 10.0 Å². The molecule has 0 radical (unpaired) electrons. The monoisotopic (exact) mass is 494 g/mol. The average Bonchev–Trinajstić information content (AvgIpc) is 3.55. The van der Waals surface area contributed by atoms with E-state index in [1.807, 2.05) is 43.3 Å². The van der Waals surface area contributed by atoms with E-state index in [1.165, 1.54) is 4.31 Å². The molecular formula is C25H26N4O3S2. The van der Waals surface area contributed by atoms with Crippen LogP contribution in [0, 0.1) is 6.92 Å². The van der Waals surface area contributed by atoms with Gasteiger partial charge < -0.3 is 4.52 Å². The lowest BCUT2D eigenvalue weighted by Crippen LogP contribution is -2.39. The van der Waals surface area contributed by atoms with Crippen LogP contribution in [0.2, 0.25) is 0 Å². The van der Waals surface area contributed by atoms with Crippen LogP contribution in [0.3, 0.4) is 0 Å². The molecule has 176 valence electrons. The molecule has 2 aromatic heterocycles. The van der Waals surface area contributed by atoms with Gasteiger partial charge in [-0.1, -0.05) is 54.0 Å². The van der Waals surface area contributed by atoms with Gasteiger partial charge in [0.05, 0.1) is 21.5 Å². The van der Waals surface area contributed by atoms with Crippen LogP contribution < -0.4 is 0 Å². The summed E-state index contributed by atoms with van der Waals surface area (Å²) in [5.41, 5.74) is 3.90. The van der Waals surface area contributed by atoms with Crippen LogP contribution in [-0.4, -0.2) is 40.9 Å². The molecule has 34 heavy (non-hydrogen) atoms. The molecule has 1 aliphatic heterocycles. The van der Waals surface area contributed by atoms with E-state index in [4.69, 9.17) is 4.52 Å². The summed E-state index contributed by atoms with van der Waals surface area (Å²) in [4.78, 5) is 9.56. The molecule has 2 aromatic carbocycles. The van der Waals surface area contributed by atoms with Gasteiger partial charge in [0.15, 0.2) is 0 Å². The van der Waals surface area contributed by atoms with Crippen molar-refractivity contribution in [2.24, 2.45) is 0 Å². The van der Waals surface area contributed by atoms with Crippen LogP contribution in [0.25, 0.3) is 22.6 Å². The normalized spacial score (nSPS) is 17.2. The Bertz CT molecular complexity index is 1380. The summed E-state index contributed by atoms with van der Waals surface area (Å²) in [6.07, 6.45) is 2.49. The third-order valence-electron chi connectivity index (χ3n) is 6.13. The minimum absolute atomic E-state index is 0.128.